The van der Waals surface area contributed by atoms with Crippen LogP contribution in [0.3, 0.4) is 0 Å². The highest BCUT2D eigenvalue weighted by Crippen LogP contribution is 2.24. The van der Waals surface area contributed by atoms with E-state index in [4.69, 9.17) is 10.3 Å². The first kappa shape index (κ1) is 21.7. The number of hydrogen-bond acceptors (Lipinski definition) is 5. The van der Waals surface area contributed by atoms with Crippen molar-refractivity contribution in [3.05, 3.63) is 76.2 Å². The van der Waals surface area contributed by atoms with Crippen LogP contribution in [-0.2, 0) is 12.8 Å². The van der Waals surface area contributed by atoms with E-state index in [1.807, 2.05) is 0 Å². The van der Waals surface area contributed by atoms with Crippen molar-refractivity contribution in [3.8, 4) is 17.2 Å². The molecule has 0 atom stereocenters. The molecule has 0 aliphatic carbocycles. The number of ether oxygens (including phenoxy) is 2. The van der Waals surface area contributed by atoms with Crippen LogP contribution in [0.15, 0.2) is 53.9 Å². The third-order valence-corrected chi connectivity index (χ3v) is 4.16. The highest BCUT2D eigenvalue weighted by atomic mass is 19.4. The van der Waals surface area contributed by atoms with Crippen molar-refractivity contribution in [2.45, 2.75) is 19.2 Å². The lowest BCUT2D eigenvalue weighted by atomic mass is 10.1. The van der Waals surface area contributed by atoms with Gasteiger partial charge in [0, 0.05) is 16.9 Å². The monoisotopic (exact) mass is 432 g/mol. The standard InChI is InChI=1S/C19H15F3N6O3/c1-30-16-10-13(18(29)25-27-23)3-2-12(16)4-9-17-24-11-28(26-17)14-5-7-15(8-6-14)31-19(20,21)22/h2-3,5-8,10-11H,4,9H2,1H3. The van der Waals surface area contributed by atoms with Gasteiger partial charge in [0.15, 0.2) is 5.82 Å². The second-order valence-electron chi connectivity index (χ2n) is 6.17. The maximum atomic E-state index is 12.2. The first-order valence-electron chi connectivity index (χ1n) is 8.82. The number of benzene rings is 2. The van der Waals surface area contributed by atoms with Gasteiger partial charge in [0.25, 0.3) is 0 Å². The molecule has 9 nitrogen and oxygen atoms in total. The van der Waals surface area contributed by atoms with Crippen LogP contribution in [0.2, 0.25) is 0 Å². The fourth-order valence-corrected chi connectivity index (χ4v) is 2.77. The van der Waals surface area contributed by atoms with E-state index in [-0.39, 0.29) is 11.3 Å². The molecule has 0 bridgehead atoms. The van der Waals surface area contributed by atoms with Gasteiger partial charge >= 0.3 is 6.36 Å². The fourth-order valence-electron chi connectivity index (χ4n) is 2.77. The Labute approximate surface area is 173 Å². The van der Waals surface area contributed by atoms with E-state index >= 15 is 0 Å². The summed E-state index contributed by atoms with van der Waals surface area (Å²) in [5.41, 5.74) is 9.89. The van der Waals surface area contributed by atoms with Gasteiger partial charge in [-0.3, -0.25) is 4.79 Å². The van der Waals surface area contributed by atoms with Gasteiger partial charge in [-0.2, -0.15) is 5.10 Å². The Morgan fingerprint density at radius 2 is 1.94 bits per heavy atom. The van der Waals surface area contributed by atoms with Crippen molar-refractivity contribution in [1.82, 2.24) is 14.8 Å². The number of halogens is 3. The predicted molar refractivity (Wildman–Crippen MR) is 102 cm³/mol. The van der Waals surface area contributed by atoms with Crippen LogP contribution in [0.25, 0.3) is 16.1 Å². The zero-order chi connectivity index (χ0) is 22.4. The Hall–Kier alpha value is -4.05. The van der Waals surface area contributed by atoms with Gasteiger partial charge in [-0.25, -0.2) is 9.67 Å². The van der Waals surface area contributed by atoms with Crippen LogP contribution in [0.5, 0.6) is 11.5 Å². The minimum absolute atomic E-state index is 0.207. The average molecular weight is 432 g/mol. The molecule has 1 aromatic heterocycles. The molecule has 0 radical (unpaired) electrons. The zero-order valence-electron chi connectivity index (χ0n) is 16.1. The SMILES string of the molecule is COc1cc(C(=O)N=[N+]=[N-])ccc1CCc1ncn(-c2ccc(OC(F)(F)F)cc2)n1. The van der Waals surface area contributed by atoms with Gasteiger partial charge in [-0.15, -0.1) is 13.2 Å². The van der Waals surface area contributed by atoms with Crippen LogP contribution in [0, 0.1) is 0 Å². The highest BCUT2D eigenvalue weighted by Gasteiger charge is 2.31. The van der Waals surface area contributed by atoms with Gasteiger partial charge in [0.05, 0.1) is 12.8 Å². The van der Waals surface area contributed by atoms with Crippen LogP contribution in [-0.4, -0.2) is 34.1 Å². The largest absolute Gasteiger partial charge is 0.573 e. The Balaban J connectivity index is 1.68. The molecule has 12 heteroatoms. The molecule has 0 spiro atoms. The lowest BCUT2D eigenvalue weighted by molar-refractivity contribution is -0.274. The van der Waals surface area contributed by atoms with Crippen molar-refractivity contribution >= 4 is 5.91 Å². The van der Waals surface area contributed by atoms with Crippen molar-refractivity contribution in [3.63, 3.8) is 0 Å². The van der Waals surface area contributed by atoms with Crippen molar-refractivity contribution in [2.24, 2.45) is 5.11 Å². The number of azide groups is 1. The minimum Gasteiger partial charge on any atom is -0.496 e. The van der Waals surface area contributed by atoms with Gasteiger partial charge in [-0.1, -0.05) is 12.1 Å². The molecule has 1 heterocycles. The molecule has 0 fully saturated rings. The molecule has 0 aliphatic heterocycles. The summed E-state index contributed by atoms with van der Waals surface area (Å²) in [4.78, 5) is 18.3. The van der Waals surface area contributed by atoms with Gasteiger partial charge in [0.1, 0.15) is 17.8 Å². The number of carbonyl (C=O) groups is 1. The number of alkyl halides is 3. The highest BCUT2D eigenvalue weighted by molar-refractivity contribution is 5.95. The summed E-state index contributed by atoms with van der Waals surface area (Å²) in [6, 6.07) is 9.95. The first-order chi connectivity index (χ1) is 14.8. The molecule has 31 heavy (non-hydrogen) atoms. The summed E-state index contributed by atoms with van der Waals surface area (Å²) in [7, 11) is 1.46. The third kappa shape index (κ3) is 5.73. The number of rotatable bonds is 7. The predicted octanol–water partition coefficient (Wildman–Crippen LogP) is 4.41. The van der Waals surface area contributed by atoms with E-state index in [1.165, 1.54) is 54.5 Å². The molecule has 3 rings (SSSR count). The lowest BCUT2D eigenvalue weighted by Gasteiger charge is -2.09. The maximum Gasteiger partial charge on any atom is 0.573 e. The number of methoxy groups -OCH3 is 1. The number of carbonyl (C=O) groups excluding carboxylic acids is 1. The van der Waals surface area contributed by atoms with Crippen LogP contribution in [0.4, 0.5) is 13.2 Å². The second kappa shape index (κ2) is 9.18. The molecular weight excluding hydrogens is 417 g/mol. The molecule has 0 saturated heterocycles. The van der Waals surface area contributed by atoms with E-state index in [0.717, 1.165) is 5.56 Å². The maximum absolute atomic E-state index is 12.2. The number of aromatic nitrogens is 3. The van der Waals surface area contributed by atoms with Crippen molar-refractivity contribution < 1.29 is 27.4 Å². The average Bonchev–Trinajstić information content (AvgIpc) is 3.20. The number of aryl methyl sites for hydroxylation is 2. The molecule has 0 saturated carbocycles. The third-order valence-electron chi connectivity index (χ3n) is 4.16. The van der Waals surface area contributed by atoms with Gasteiger partial charge < -0.3 is 9.47 Å². The summed E-state index contributed by atoms with van der Waals surface area (Å²) in [6.45, 7) is 0. The summed E-state index contributed by atoms with van der Waals surface area (Å²) < 4.78 is 47.3. The van der Waals surface area contributed by atoms with Gasteiger partial charge in [0.2, 0.25) is 5.91 Å². The molecule has 2 aromatic carbocycles. The molecule has 160 valence electrons. The van der Waals surface area contributed by atoms with Crippen molar-refractivity contribution in [1.29, 1.82) is 0 Å². The second-order valence-corrected chi connectivity index (χ2v) is 6.17. The lowest BCUT2D eigenvalue weighted by Crippen LogP contribution is -2.17. The Kier molecular flexibility index (Phi) is 6.41. The smallest absolute Gasteiger partial charge is 0.496 e. The van der Waals surface area contributed by atoms with Gasteiger partial charge in [-0.05, 0) is 53.0 Å². The quantitative estimate of drug-likeness (QED) is 0.312. The van der Waals surface area contributed by atoms with E-state index < -0.39 is 12.3 Å². The van der Waals surface area contributed by atoms with Crippen molar-refractivity contribution in [2.75, 3.05) is 7.11 Å². The summed E-state index contributed by atoms with van der Waals surface area (Å²) >= 11 is 0. The number of amides is 1. The van der Waals surface area contributed by atoms with E-state index in [1.54, 1.807) is 6.07 Å². The molecule has 1 amide bonds. The molecular formula is C19H15F3N6O3. The van der Waals surface area contributed by atoms with E-state index in [9.17, 15) is 18.0 Å². The Bertz CT molecular complexity index is 1120. The Morgan fingerprint density at radius 3 is 2.58 bits per heavy atom. The summed E-state index contributed by atoms with van der Waals surface area (Å²) in [5, 5.41) is 7.37. The number of nitrogens with zero attached hydrogens (tertiary/aromatic N) is 6. The van der Waals surface area contributed by atoms with Crippen LogP contribution < -0.4 is 9.47 Å². The normalized spacial score (nSPS) is 11.0. The van der Waals surface area contributed by atoms with E-state index in [0.29, 0.717) is 30.1 Å². The zero-order valence-corrected chi connectivity index (χ0v) is 16.1. The molecule has 3 aromatic rings. The topological polar surface area (TPSA) is 115 Å². The fraction of sp³-hybridized carbons (Fsp3) is 0.211. The minimum atomic E-state index is -4.75. The number of hydrogen-bond donors (Lipinski definition) is 0. The summed E-state index contributed by atoms with van der Waals surface area (Å²) in [6.07, 6.45) is -2.35. The molecule has 0 unspecified atom stereocenters. The Morgan fingerprint density at radius 1 is 1.19 bits per heavy atom. The van der Waals surface area contributed by atoms with Crippen LogP contribution in [0.1, 0.15) is 21.7 Å². The molecule has 0 N–H and O–H groups in total. The molecule has 0 aliphatic rings. The van der Waals surface area contributed by atoms with Crippen LogP contribution >= 0.6 is 0 Å². The summed E-state index contributed by atoms with van der Waals surface area (Å²) in [5.74, 6) is -0.0731. The van der Waals surface area contributed by atoms with E-state index in [2.05, 4.69) is 24.8 Å². The first-order valence-corrected chi connectivity index (χ1v) is 8.82.